The van der Waals surface area contributed by atoms with Gasteiger partial charge in [0.25, 0.3) is 0 Å². The molecule has 2 spiro atoms. The van der Waals surface area contributed by atoms with Gasteiger partial charge in [0.2, 0.25) is 0 Å². The maximum atomic E-state index is 9.46. The quantitative estimate of drug-likeness (QED) is 0.486. The maximum Gasteiger partial charge on any atom is 0.0962 e. The number of ether oxygens (including phenoxy) is 1. The number of aromatic nitrogens is 1. The van der Waals surface area contributed by atoms with Gasteiger partial charge in [-0.3, -0.25) is 9.88 Å². The highest BCUT2D eigenvalue weighted by atomic mass is 16.5. The molecule has 0 unspecified atom stereocenters. The van der Waals surface area contributed by atoms with Gasteiger partial charge >= 0.3 is 0 Å². The van der Waals surface area contributed by atoms with Crippen LogP contribution in [0.1, 0.15) is 69.4 Å². The lowest BCUT2D eigenvalue weighted by Gasteiger charge is -2.56. The zero-order valence-electron chi connectivity index (χ0n) is 19.7. The van der Waals surface area contributed by atoms with Gasteiger partial charge in [-0.15, -0.1) is 0 Å². The van der Waals surface area contributed by atoms with Gasteiger partial charge in [-0.1, -0.05) is 29.8 Å². The van der Waals surface area contributed by atoms with E-state index in [0.29, 0.717) is 12.0 Å². The molecule has 174 valence electrons. The molecule has 0 aromatic carbocycles. The van der Waals surface area contributed by atoms with Gasteiger partial charge < -0.3 is 9.94 Å². The van der Waals surface area contributed by atoms with E-state index in [9.17, 15) is 5.21 Å². The van der Waals surface area contributed by atoms with E-state index in [4.69, 9.17) is 4.74 Å². The van der Waals surface area contributed by atoms with Crippen molar-refractivity contribution in [3.8, 4) is 0 Å². The lowest BCUT2D eigenvalue weighted by Crippen LogP contribution is -2.57. The third-order valence-corrected chi connectivity index (χ3v) is 10.5. The molecule has 2 bridgehead atoms. The zero-order chi connectivity index (χ0) is 22.3. The molecule has 7 aliphatic rings. The predicted octanol–water partition coefficient (Wildman–Crippen LogP) is 5.04. The molecule has 1 aromatic rings. The van der Waals surface area contributed by atoms with Crippen molar-refractivity contribution >= 4 is 5.71 Å². The van der Waals surface area contributed by atoms with Crippen molar-refractivity contribution in [2.75, 3.05) is 13.2 Å². The van der Waals surface area contributed by atoms with Crippen LogP contribution in [0.4, 0.5) is 0 Å². The van der Waals surface area contributed by atoms with E-state index in [-0.39, 0.29) is 16.4 Å². The van der Waals surface area contributed by atoms with Crippen molar-refractivity contribution in [1.29, 1.82) is 0 Å². The number of oxime groups is 1. The molecule has 2 saturated carbocycles. The number of pyridine rings is 1. The Hall–Kier alpha value is -1.98. The van der Waals surface area contributed by atoms with Gasteiger partial charge in [-0.25, -0.2) is 0 Å². The Labute approximate surface area is 196 Å². The van der Waals surface area contributed by atoms with E-state index in [1.807, 2.05) is 6.20 Å². The largest absolute Gasteiger partial charge is 0.411 e. The highest BCUT2D eigenvalue weighted by Crippen LogP contribution is 2.65. The number of nitrogens with zero attached hydrogens (tertiary/aromatic N) is 3. The van der Waals surface area contributed by atoms with E-state index in [2.05, 4.69) is 46.4 Å². The fourth-order valence-electron chi connectivity index (χ4n) is 8.78. The smallest absolute Gasteiger partial charge is 0.0962 e. The summed E-state index contributed by atoms with van der Waals surface area (Å²) < 4.78 is 7.03. The molecule has 4 heterocycles. The van der Waals surface area contributed by atoms with Gasteiger partial charge in [-0.05, 0) is 85.5 Å². The molecule has 1 aromatic heterocycles. The Balaban J connectivity index is 1.22. The van der Waals surface area contributed by atoms with E-state index in [1.165, 1.54) is 29.5 Å². The molecule has 1 N–H and O–H groups in total. The third-order valence-electron chi connectivity index (χ3n) is 10.5. The molecule has 0 amide bonds. The van der Waals surface area contributed by atoms with Crippen LogP contribution in [0.15, 0.2) is 46.9 Å². The van der Waals surface area contributed by atoms with Crippen molar-refractivity contribution in [3.05, 3.63) is 52.9 Å². The first-order chi connectivity index (χ1) is 16.1. The van der Waals surface area contributed by atoms with E-state index < -0.39 is 0 Å². The van der Waals surface area contributed by atoms with Crippen molar-refractivity contribution in [1.82, 2.24) is 9.88 Å². The molecular formula is C28H35N3O2. The van der Waals surface area contributed by atoms with Crippen molar-refractivity contribution in [3.63, 3.8) is 0 Å². The van der Waals surface area contributed by atoms with Crippen LogP contribution in [0.3, 0.4) is 0 Å². The minimum atomic E-state index is -0.122. The number of hydrogen-bond donors (Lipinski definition) is 1. The molecule has 33 heavy (non-hydrogen) atoms. The van der Waals surface area contributed by atoms with Gasteiger partial charge in [0.15, 0.2) is 0 Å². The molecule has 5 heteroatoms. The zero-order valence-corrected chi connectivity index (χ0v) is 19.7. The monoisotopic (exact) mass is 445 g/mol. The lowest BCUT2D eigenvalue weighted by atomic mass is 9.58. The van der Waals surface area contributed by atoms with Gasteiger partial charge in [0, 0.05) is 43.4 Å². The first kappa shape index (κ1) is 20.4. The summed E-state index contributed by atoms with van der Waals surface area (Å²) in [6.07, 6.45) is 19.0. The molecule has 1 saturated heterocycles. The van der Waals surface area contributed by atoms with Crippen molar-refractivity contribution < 1.29 is 9.94 Å². The summed E-state index contributed by atoms with van der Waals surface area (Å²) in [5.41, 5.74) is 7.06. The van der Waals surface area contributed by atoms with Crippen LogP contribution in [-0.4, -0.2) is 45.6 Å². The molecule has 4 aliphatic carbocycles. The van der Waals surface area contributed by atoms with Crippen LogP contribution >= 0.6 is 0 Å². The predicted molar refractivity (Wildman–Crippen MR) is 127 cm³/mol. The first-order valence-corrected chi connectivity index (χ1v) is 13.0. The Morgan fingerprint density at radius 2 is 2.12 bits per heavy atom. The number of rotatable bonds is 1. The summed E-state index contributed by atoms with van der Waals surface area (Å²) in [5.74, 6) is 0.575. The Morgan fingerprint density at radius 3 is 2.97 bits per heavy atom. The molecule has 5 atom stereocenters. The normalized spacial score (nSPS) is 43.1. The van der Waals surface area contributed by atoms with Crippen LogP contribution in [0.25, 0.3) is 0 Å². The van der Waals surface area contributed by atoms with Crippen LogP contribution in [0.2, 0.25) is 0 Å². The summed E-state index contributed by atoms with van der Waals surface area (Å²) in [7, 11) is 0. The Kier molecular flexibility index (Phi) is 4.34. The molecule has 8 rings (SSSR count). The molecular weight excluding hydrogens is 410 g/mol. The van der Waals surface area contributed by atoms with Crippen molar-refractivity contribution in [2.24, 2.45) is 21.9 Å². The fraction of sp³-hybridized carbons (Fsp3) is 0.643. The second-order valence-electron chi connectivity index (χ2n) is 11.9. The number of hydrogen-bond acceptors (Lipinski definition) is 5. The summed E-state index contributed by atoms with van der Waals surface area (Å²) in [6, 6.07) is 2.81. The molecule has 3 fully saturated rings. The highest BCUT2D eigenvalue weighted by molar-refractivity contribution is 5.86. The minimum absolute atomic E-state index is 0.0568. The summed E-state index contributed by atoms with van der Waals surface area (Å²) in [6.45, 7) is 5.54. The van der Waals surface area contributed by atoms with Crippen LogP contribution in [0.5, 0.6) is 0 Å². The summed E-state index contributed by atoms with van der Waals surface area (Å²) in [4.78, 5) is 7.18. The summed E-state index contributed by atoms with van der Waals surface area (Å²) >= 11 is 0. The van der Waals surface area contributed by atoms with E-state index >= 15 is 0 Å². The van der Waals surface area contributed by atoms with Crippen LogP contribution in [-0.2, 0) is 17.7 Å². The Bertz CT molecular complexity index is 1080. The lowest BCUT2D eigenvalue weighted by molar-refractivity contribution is -0.154. The molecule has 5 nitrogen and oxygen atoms in total. The second kappa shape index (κ2) is 7.02. The molecule has 0 radical (unpaired) electrons. The van der Waals surface area contributed by atoms with Gasteiger partial charge in [0.05, 0.1) is 17.9 Å². The SMILES string of the molecule is C[C@]12CC=C3C=C4CCC(=NO)C[C@]45CC[C@]3(OC5)[C@@H]1CC[C@@H]2N1CCc2ccncc2C1. The van der Waals surface area contributed by atoms with Gasteiger partial charge in [-0.2, -0.15) is 0 Å². The minimum Gasteiger partial charge on any atom is -0.411 e. The van der Waals surface area contributed by atoms with Gasteiger partial charge in [0.1, 0.15) is 0 Å². The molecule has 3 aliphatic heterocycles. The van der Waals surface area contributed by atoms with E-state index in [0.717, 1.165) is 70.4 Å². The number of fused-ring (bicyclic) bond motifs is 4. The maximum absolute atomic E-state index is 9.46. The average molecular weight is 446 g/mol. The van der Waals surface area contributed by atoms with Crippen LogP contribution in [0, 0.1) is 16.7 Å². The summed E-state index contributed by atoms with van der Waals surface area (Å²) in [5, 5.41) is 13.1. The van der Waals surface area contributed by atoms with Crippen LogP contribution < -0.4 is 0 Å². The average Bonchev–Trinajstić information content (AvgIpc) is 3.06. The standard InChI is InChI=1S/C28H35N3O2/c1-26-9-6-22-14-21-2-3-23(30-32)15-27(21)10-11-28(22,33-18-27)24(26)4-5-25(26)31-13-8-19-7-12-29-16-20(19)17-31/h6-7,12,14,16,24-25,32H,2-5,8-11,13,15,17-18H2,1H3/t24-,25+,26+,27+,28-/m1/s1. The Morgan fingerprint density at radius 1 is 1.18 bits per heavy atom. The highest BCUT2D eigenvalue weighted by Gasteiger charge is 2.63. The second-order valence-corrected chi connectivity index (χ2v) is 11.9. The van der Waals surface area contributed by atoms with E-state index in [1.54, 1.807) is 5.57 Å². The fourth-order valence-corrected chi connectivity index (χ4v) is 8.78. The third kappa shape index (κ3) is 2.72. The first-order valence-electron chi connectivity index (χ1n) is 13.0. The topological polar surface area (TPSA) is 58.0 Å². The van der Waals surface area contributed by atoms with Crippen molar-refractivity contribution in [2.45, 2.75) is 82.9 Å². The number of allylic oxidation sites excluding steroid dienone is 1.